The van der Waals surface area contributed by atoms with E-state index in [9.17, 15) is 9.59 Å². The quantitative estimate of drug-likeness (QED) is 0.446. The van der Waals surface area contributed by atoms with E-state index in [1.54, 1.807) is 18.2 Å². The molecule has 1 aliphatic heterocycles. The van der Waals surface area contributed by atoms with Gasteiger partial charge in [-0.3, -0.25) is 4.79 Å². The van der Waals surface area contributed by atoms with Crippen LogP contribution >= 0.6 is 0 Å². The third-order valence-electron chi connectivity index (χ3n) is 2.21. The molecule has 0 fully saturated rings. The molecule has 5 heteroatoms. The van der Waals surface area contributed by atoms with Crippen molar-refractivity contribution in [2.45, 2.75) is 0 Å². The van der Waals surface area contributed by atoms with Gasteiger partial charge in [-0.1, -0.05) is 12.1 Å². The molecule has 17 heavy (non-hydrogen) atoms. The van der Waals surface area contributed by atoms with Gasteiger partial charge >= 0.3 is 5.97 Å². The van der Waals surface area contributed by atoms with Crippen LogP contribution < -0.4 is 9.47 Å². The summed E-state index contributed by atoms with van der Waals surface area (Å²) in [5.74, 6) is -0.300. The molecule has 0 atom stereocenters. The van der Waals surface area contributed by atoms with Crippen LogP contribution in [0.25, 0.3) is 6.08 Å². The molecule has 88 valence electrons. The predicted octanol–water partition coefficient (Wildman–Crippen LogP) is 1.17. The van der Waals surface area contributed by atoms with Gasteiger partial charge in [0, 0.05) is 0 Å². The lowest BCUT2D eigenvalue weighted by molar-refractivity contribution is -0.149. The Balaban J connectivity index is 2.11. The number of rotatable bonds is 3. The van der Waals surface area contributed by atoms with E-state index in [2.05, 4.69) is 4.74 Å². The van der Waals surface area contributed by atoms with Crippen molar-refractivity contribution < 1.29 is 23.8 Å². The lowest BCUT2D eigenvalue weighted by Gasteiger charge is -1.97. The fourth-order valence-corrected chi connectivity index (χ4v) is 1.36. The highest BCUT2D eigenvalue weighted by atomic mass is 16.7. The van der Waals surface area contributed by atoms with Crippen molar-refractivity contribution in [1.29, 1.82) is 0 Å². The zero-order valence-corrected chi connectivity index (χ0v) is 9.14. The zero-order chi connectivity index (χ0) is 12.3. The monoisotopic (exact) mass is 234 g/mol. The topological polar surface area (TPSA) is 61.8 Å². The molecule has 0 saturated heterocycles. The van der Waals surface area contributed by atoms with Gasteiger partial charge < -0.3 is 14.2 Å². The molecule has 1 aliphatic rings. The number of hydrogen-bond acceptors (Lipinski definition) is 5. The number of methoxy groups -OCH3 is 1. The van der Waals surface area contributed by atoms with Gasteiger partial charge in [-0.2, -0.15) is 0 Å². The number of carbonyl (C=O) groups is 2. The molecule has 0 aliphatic carbocycles. The largest absolute Gasteiger partial charge is 0.463 e. The Labute approximate surface area is 97.6 Å². The number of fused-ring (bicyclic) bond motifs is 1. The highest BCUT2D eigenvalue weighted by Crippen LogP contribution is 2.32. The maximum atomic E-state index is 11.2. The van der Waals surface area contributed by atoms with Crippen LogP contribution in [-0.4, -0.2) is 25.7 Å². The van der Waals surface area contributed by atoms with Crippen LogP contribution in [0.15, 0.2) is 24.3 Å². The van der Waals surface area contributed by atoms with E-state index >= 15 is 0 Å². The molecule has 0 unspecified atom stereocenters. The van der Waals surface area contributed by atoms with Gasteiger partial charge in [-0.15, -0.1) is 0 Å². The van der Waals surface area contributed by atoms with Crippen molar-refractivity contribution in [3.05, 3.63) is 29.8 Å². The van der Waals surface area contributed by atoms with Crippen LogP contribution in [0.1, 0.15) is 5.56 Å². The van der Waals surface area contributed by atoms with E-state index in [1.807, 2.05) is 0 Å². The smallest absolute Gasteiger partial charge is 0.378 e. The SMILES string of the molecule is COC(=O)C(=O)/C=C/c1ccc2c(c1)OCO2. The fourth-order valence-electron chi connectivity index (χ4n) is 1.36. The number of ether oxygens (including phenoxy) is 3. The summed E-state index contributed by atoms with van der Waals surface area (Å²) in [6.45, 7) is 0.198. The normalized spacial score (nSPS) is 12.8. The van der Waals surface area contributed by atoms with Crippen molar-refractivity contribution in [3.63, 3.8) is 0 Å². The summed E-state index contributed by atoms with van der Waals surface area (Å²) in [7, 11) is 1.16. The number of hydrogen-bond donors (Lipinski definition) is 0. The predicted molar refractivity (Wildman–Crippen MR) is 58.6 cm³/mol. The zero-order valence-electron chi connectivity index (χ0n) is 9.14. The van der Waals surface area contributed by atoms with Crippen LogP contribution in [0, 0.1) is 0 Å². The summed E-state index contributed by atoms with van der Waals surface area (Å²) < 4.78 is 14.6. The minimum Gasteiger partial charge on any atom is -0.463 e. The summed E-state index contributed by atoms with van der Waals surface area (Å²) in [4.78, 5) is 22.0. The first kappa shape index (κ1) is 11.2. The van der Waals surface area contributed by atoms with E-state index in [4.69, 9.17) is 9.47 Å². The molecule has 0 saturated carbocycles. The van der Waals surface area contributed by atoms with E-state index in [0.29, 0.717) is 11.5 Å². The van der Waals surface area contributed by atoms with Gasteiger partial charge in [0.1, 0.15) is 0 Å². The number of ketones is 1. The van der Waals surface area contributed by atoms with Gasteiger partial charge in [0.15, 0.2) is 11.5 Å². The molecule has 0 bridgehead atoms. The van der Waals surface area contributed by atoms with Crippen molar-refractivity contribution in [1.82, 2.24) is 0 Å². The highest BCUT2D eigenvalue weighted by molar-refractivity contribution is 6.39. The minimum absolute atomic E-state index is 0.198. The van der Waals surface area contributed by atoms with Gasteiger partial charge in [0.25, 0.3) is 5.78 Å². The Morgan fingerprint density at radius 2 is 2.06 bits per heavy atom. The second-order valence-corrected chi connectivity index (χ2v) is 3.30. The Morgan fingerprint density at radius 3 is 2.82 bits per heavy atom. The van der Waals surface area contributed by atoms with Gasteiger partial charge in [-0.05, 0) is 23.8 Å². The molecule has 2 rings (SSSR count). The first-order valence-electron chi connectivity index (χ1n) is 4.90. The first-order chi connectivity index (χ1) is 8.20. The molecule has 1 heterocycles. The van der Waals surface area contributed by atoms with E-state index in [-0.39, 0.29) is 6.79 Å². The molecule has 0 amide bonds. The molecular weight excluding hydrogens is 224 g/mol. The molecule has 0 N–H and O–H groups in total. The second kappa shape index (κ2) is 4.69. The third-order valence-corrected chi connectivity index (χ3v) is 2.21. The van der Waals surface area contributed by atoms with Gasteiger partial charge in [0.2, 0.25) is 6.79 Å². The van der Waals surface area contributed by atoms with Crippen LogP contribution in [0.2, 0.25) is 0 Å². The molecule has 5 nitrogen and oxygen atoms in total. The van der Waals surface area contributed by atoms with E-state index in [0.717, 1.165) is 18.7 Å². The Bertz CT molecular complexity index is 490. The maximum absolute atomic E-state index is 11.2. The summed E-state index contributed by atoms with van der Waals surface area (Å²) in [5, 5.41) is 0. The average molecular weight is 234 g/mol. The van der Waals surface area contributed by atoms with Crippen LogP contribution in [0.5, 0.6) is 11.5 Å². The van der Waals surface area contributed by atoms with Gasteiger partial charge in [0.05, 0.1) is 7.11 Å². The van der Waals surface area contributed by atoms with Crippen molar-refractivity contribution in [3.8, 4) is 11.5 Å². The third kappa shape index (κ3) is 2.44. The molecular formula is C12H10O5. The van der Waals surface area contributed by atoms with Crippen molar-refractivity contribution in [2.75, 3.05) is 13.9 Å². The summed E-state index contributed by atoms with van der Waals surface area (Å²) >= 11 is 0. The Morgan fingerprint density at radius 1 is 1.29 bits per heavy atom. The van der Waals surface area contributed by atoms with Crippen molar-refractivity contribution in [2.24, 2.45) is 0 Å². The summed E-state index contributed by atoms with van der Waals surface area (Å²) in [6, 6.07) is 5.22. The Kier molecular flexibility index (Phi) is 3.09. The lowest BCUT2D eigenvalue weighted by atomic mass is 10.1. The van der Waals surface area contributed by atoms with Crippen molar-refractivity contribution >= 4 is 17.8 Å². The number of esters is 1. The minimum atomic E-state index is -0.887. The molecule has 1 aromatic carbocycles. The maximum Gasteiger partial charge on any atom is 0.378 e. The standard InChI is InChI=1S/C12H10O5/c1-15-12(14)9(13)4-2-8-3-5-10-11(6-8)17-7-16-10/h2-6H,7H2,1H3/b4-2+. The van der Waals surface area contributed by atoms with E-state index < -0.39 is 11.8 Å². The lowest BCUT2D eigenvalue weighted by Crippen LogP contribution is -2.12. The summed E-state index contributed by atoms with van der Waals surface area (Å²) in [5.41, 5.74) is 0.742. The van der Waals surface area contributed by atoms with Gasteiger partial charge in [-0.25, -0.2) is 4.79 Å². The second-order valence-electron chi connectivity index (χ2n) is 3.30. The Hall–Kier alpha value is -2.30. The molecule has 1 aromatic rings. The van der Waals surface area contributed by atoms with Crippen LogP contribution in [0.4, 0.5) is 0 Å². The fraction of sp³-hybridized carbons (Fsp3) is 0.167. The first-order valence-corrected chi connectivity index (χ1v) is 4.90. The van der Waals surface area contributed by atoms with E-state index in [1.165, 1.54) is 6.08 Å². The average Bonchev–Trinajstić information content (AvgIpc) is 2.82. The molecule has 0 aromatic heterocycles. The molecule has 0 spiro atoms. The van der Waals surface area contributed by atoms with Crippen LogP contribution in [-0.2, 0) is 14.3 Å². The number of carbonyl (C=O) groups excluding carboxylic acids is 2. The molecule has 0 radical (unpaired) electrons. The summed E-state index contributed by atoms with van der Waals surface area (Å²) in [6.07, 6.45) is 2.67. The van der Waals surface area contributed by atoms with Crippen LogP contribution in [0.3, 0.4) is 0 Å². The highest BCUT2D eigenvalue weighted by Gasteiger charge is 2.13. The number of benzene rings is 1.